The fourth-order valence-electron chi connectivity index (χ4n) is 4.28. The van der Waals surface area contributed by atoms with E-state index in [4.69, 9.17) is 11.5 Å². The van der Waals surface area contributed by atoms with Crippen LogP contribution in [0.1, 0.15) is 52.9 Å². The molecule has 2 rings (SSSR count). The van der Waals surface area contributed by atoms with Crippen LogP contribution >= 0.6 is 0 Å². The van der Waals surface area contributed by atoms with Crippen LogP contribution in [0.4, 0.5) is 0 Å². The first kappa shape index (κ1) is 15.8. The monoisotopic (exact) mass is 281 g/mol. The molecule has 5 atom stereocenters. The number of hydrogen-bond acceptors (Lipinski definition) is 3. The van der Waals surface area contributed by atoms with Gasteiger partial charge in [-0.25, -0.2) is 0 Å². The molecular formula is C16H31N3O. The van der Waals surface area contributed by atoms with Gasteiger partial charge in [-0.3, -0.25) is 4.79 Å². The van der Waals surface area contributed by atoms with Crippen LogP contribution in [0.15, 0.2) is 0 Å². The molecule has 116 valence electrons. The summed E-state index contributed by atoms with van der Waals surface area (Å²) in [6, 6.07) is 0.633. The van der Waals surface area contributed by atoms with Crippen molar-refractivity contribution in [2.24, 2.45) is 29.2 Å². The van der Waals surface area contributed by atoms with Crippen molar-refractivity contribution in [3.05, 3.63) is 0 Å². The molecule has 4 nitrogen and oxygen atoms in total. The second-order valence-corrected chi connectivity index (χ2v) is 7.34. The lowest BCUT2D eigenvalue weighted by Gasteiger charge is -2.42. The number of primary amides is 1. The molecule has 4 heteroatoms. The molecule has 0 radical (unpaired) electrons. The largest absolute Gasteiger partial charge is 0.368 e. The molecular weight excluding hydrogens is 250 g/mol. The SMILES string of the molecule is CC1CC(C)C(C)N(CCC2CCCC2(N)C(N)=O)C1. The molecule has 1 aliphatic carbocycles. The third-order valence-electron chi connectivity index (χ3n) is 5.81. The first-order valence-corrected chi connectivity index (χ1v) is 8.17. The molecule has 0 aromatic rings. The van der Waals surface area contributed by atoms with E-state index in [0.29, 0.717) is 6.04 Å². The van der Waals surface area contributed by atoms with Crippen molar-refractivity contribution in [2.75, 3.05) is 13.1 Å². The molecule has 0 bridgehead atoms. The zero-order valence-electron chi connectivity index (χ0n) is 13.3. The highest BCUT2D eigenvalue weighted by molar-refractivity contribution is 5.85. The summed E-state index contributed by atoms with van der Waals surface area (Å²) in [6.07, 6.45) is 5.17. The number of rotatable bonds is 4. The zero-order valence-corrected chi connectivity index (χ0v) is 13.3. The van der Waals surface area contributed by atoms with Crippen LogP contribution < -0.4 is 11.5 Å². The average molecular weight is 281 g/mol. The van der Waals surface area contributed by atoms with Crippen molar-refractivity contribution in [1.29, 1.82) is 0 Å². The van der Waals surface area contributed by atoms with Crippen molar-refractivity contribution in [1.82, 2.24) is 4.90 Å². The second-order valence-electron chi connectivity index (χ2n) is 7.34. The highest BCUT2D eigenvalue weighted by atomic mass is 16.1. The minimum absolute atomic E-state index is 0.264. The number of nitrogens with two attached hydrogens (primary N) is 2. The highest BCUT2D eigenvalue weighted by Gasteiger charge is 2.44. The van der Waals surface area contributed by atoms with E-state index >= 15 is 0 Å². The fourth-order valence-corrected chi connectivity index (χ4v) is 4.28. The normalized spacial score (nSPS) is 42.8. The fraction of sp³-hybridized carbons (Fsp3) is 0.938. The van der Waals surface area contributed by atoms with E-state index < -0.39 is 5.54 Å². The number of amides is 1. The summed E-state index contributed by atoms with van der Waals surface area (Å²) in [5, 5.41) is 0. The van der Waals surface area contributed by atoms with Crippen LogP contribution in [-0.2, 0) is 4.79 Å². The zero-order chi connectivity index (χ0) is 14.9. The maximum Gasteiger partial charge on any atom is 0.237 e. The molecule has 2 fully saturated rings. The van der Waals surface area contributed by atoms with Gasteiger partial charge in [0.05, 0.1) is 5.54 Å². The van der Waals surface area contributed by atoms with Gasteiger partial charge < -0.3 is 16.4 Å². The summed E-state index contributed by atoms with van der Waals surface area (Å²) < 4.78 is 0. The maximum atomic E-state index is 11.6. The Morgan fingerprint density at radius 3 is 2.70 bits per heavy atom. The molecule has 2 aliphatic rings. The lowest BCUT2D eigenvalue weighted by molar-refractivity contribution is -0.124. The van der Waals surface area contributed by atoms with E-state index in [0.717, 1.165) is 44.1 Å². The van der Waals surface area contributed by atoms with Gasteiger partial charge in [0.15, 0.2) is 0 Å². The summed E-state index contributed by atoms with van der Waals surface area (Å²) in [5.41, 5.74) is 11.0. The van der Waals surface area contributed by atoms with E-state index in [-0.39, 0.29) is 11.8 Å². The van der Waals surface area contributed by atoms with Gasteiger partial charge in [0.2, 0.25) is 5.91 Å². The Balaban J connectivity index is 1.93. The summed E-state index contributed by atoms with van der Waals surface area (Å²) >= 11 is 0. The van der Waals surface area contributed by atoms with Gasteiger partial charge in [0, 0.05) is 12.6 Å². The van der Waals surface area contributed by atoms with Gasteiger partial charge in [-0.15, -0.1) is 0 Å². The lowest BCUT2D eigenvalue weighted by atomic mass is 9.83. The van der Waals surface area contributed by atoms with E-state index in [1.807, 2.05) is 0 Å². The molecule has 0 aromatic heterocycles. The van der Waals surface area contributed by atoms with Crippen molar-refractivity contribution in [3.63, 3.8) is 0 Å². The third kappa shape index (κ3) is 3.01. The van der Waals surface area contributed by atoms with Crippen molar-refractivity contribution >= 4 is 5.91 Å². The number of nitrogens with zero attached hydrogens (tertiary/aromatic N) is 1. The molecule has 1 amide bonds. The van der Waals surface area contributed by atoms with Gasteiger partial charge in [-0.05, 0) is 56.9 Å². The minimum Gasteiger partial charge on any atom is -0.368 e. The molecule has 0 aromatic carbocycles. The Bertz CT molecular complexity index is 360. The Labute approximate surface area is 123 Å². The Kier molecular flexibility index (Phi) is 4.75. The first-order chi connectivity index (χ1) is 9.34. The summed E-state index contributed by atoms with van der Waals surface area (Å²) in [5.74, 6) is 1.47. The molecule has 20 heavy (non-hydrogen) atoms. The summed E-state index contributed by atoms with van der Waals surface area (Å²) in [6.45, 7) is 9.23. The summed E-state index contributed by atoms with van der Waals surface area (Å²) in [7, 11) is 0. The van der Waals surface area contributed by atoms with Crippen LogP contribution in [0.25, 0.3) is 0 Å². The number of likely N-dealkylation sites (tertiary alicyclic amines) is 1. The van der Waals surface area contributed by atoms with Crippen LogP contribution in [0, 0.1) is 17.8 Å². The molecule has 4 N–H and O–H groups in total. The van der Waals surface area contributed by atoms with Crippen LogP contribution in [0.3, 0.4) is 0 Å². The van der Waals surface area contributed by atoms with Gasteiger partial charge in [-0.1, -0.05) is 20.3 Å². The van der Waals surface area contributed by atoms with E-state index in [2.05, 4.69) is 25.7 Å². The molecule has 0 spiro atoms. The molecule has 5 unspecified atom stereocenters. The smallest absolute Gasteiger partial charge is 0.237 e. The number of piperidine rings is 1. The number of carbonyl (C=O) groups is 1. The molecule has 1 saturated heterocycles. The maximum absolute atomic E-state index is 11.6. The number of carbonyl (C=O) groups excluding carboxylic acids is 1. The minimum atomic E-state index is -0.754. The quantitative estimate of drug-likeness (QED) is 0.824. The Morgan fingerprint density at radius 2 is 2.05 bits per heavy atom. The lowest BCUT2D eigenvalue weighted by Crippen LogP contribution is -2.55. The van der Waals surface area contributed by atoms with Crippen LogP contribution in [0.5, 0.6) is 0 Å². The topological polar surface area (TPSA) is 72.3 Å². The van der Waals surface area contributed by atoms with E-state index in [9.17, 15) is 4.79 Å². The standard InChI is InChI=1S/C16H31N3O/c1-11-9-12(2)13(3)19(10-11)8-6-14-5-4-7-16(14,18)15(17)20/h11-14H,4-10,18H2,1-3H3,(H2,17,20). The molecule has 1 heterocycles. The van der Waals surface area contributed by atoms with Gasteiger partial charge >= 0.3 is 0 Å². The Hall–Kier alpha value is -0.610. The van der Waals surface area contributed by atoms with Gasteiger partial charge in [0.1, 0.15) is 0 Å². The van der Waals surface area contributed by atoms with Crippen LogP contribution in [-0.4, -0.2) is 35.5 Å². The molecule has 1 saturated carbocycles. The predicted octanol–water partition coefficient (Wildman–Crippen LogP) is 1.73. The first-order valence-electron chi connectivity index (χ1n) is 8.17. The third-order valence-corrected chi connectivity index (χ3v) is 5.81. The van der Waals surface area contributed by atoms with Crippen molar-refractivity contribution in [2.45, 2.75) is 64.5 Å². The van der Waals surface area contributed by atoms with Crippen molar-refractivity contribution in [3.8, 4) is 0 Å². The second kappa shape index (κ2) is 6.02. The van der Waals surface area contributed by atoms with E-state index in [1.54, 1.807) is 0 Å². The van der Waals surface area contributed by atoms with E-state index in [1.165, 1.54) is 13.0 Å². The van der Waals surface area contributed by atoms with Crippen LogP contribution in [0.2, 0.25) is 0 Å². The Morgan fingerprint density at radius 1 is 1.35 bits per heavy atom. The van der Waals surface area contributed by atoms with Crippen molar-refractivity contribution < 1.29 is 4.79 Å². The predicted molar refractivity (Wildman–Crippen MR) is 82.1 cm³/mol. The number of hydrogen-bond donors (Lipinski definition) is 2. The molecule has 1 aliphatic heterocycles. The summed E-state index contributed by atoms with van der Waals surface area (Å²) in [4.78, 5) is 14.2. The van der Waals surface area contributed by atoms with Gasteiger partial charge in [0.25, 0.3) is 0 Å². The highest BCUT2D eigenvalue weighted by Crippen LogP contribution is 2.37. The van der Waals surface area contributed by atoms with Gasteiger partial charge in [-0.2, -0.15) is 0 Å². The average Bonchev–Trinajstić information content (AvgIpc) is 2.75.